The monoisotopic (exact) mass is 215 g/mol. The summed E-state index contributed by atoms with van der Waals surface area (Å²) in [6.45, 7) is 4.14. The minimum Gasteiger partial charge on any atom is -0.382 e. The van der Waals surface area contributed by atoms with Crippen molar-refractivity contribution in [2.24, 2.45) is 7.05 Å². The molecule has 2 heteroatoms. The molecular weight excluding hydrogens is 198 g/mol. The normalized spacial score (nSPS) is 12.8. The molecular formula is C14H17NO. The molecule has 1 heterocycles. The molecule has 0 bridgehead atoms. The third-order valence-electron chi connectivity index (χ3n) is 3.11. The predicted molar refractivity (Wildman–Crippen MR) is 65.4 cm³/mol. The minimum absolute atomic E-state index is 0.542. The van der Waals surface area contributed by atoms with Crippen LogP contribution in [0.25, 0.3) is 0 Å². The van der Waals surface area contributed by atoms with Gasteiger partial charge in [0.2, 0.25) is 0 Å². The molecule has 0 aliphatic rings. The van der Waals surface area contributed by atoms with Crippen LogP contribution in [0.1, 0.15) is 28.5 Å². The Morgan fingerprint density at radius 3 is 2.44 bits per heavy atom. The maximum atomic E-state index is 10.3. The van der Waals surface area contributed by atoms with Gasteiger partial charge in [0.15, 0.2) is 0 Å². The van der Waals surface area contributed by atoms with Crippen LogP contribution in [0.4, 0.5) is 0 Å². The van der Waals surface area contributed by atoms with E-state index in [2.05, 4.69) is 19.9 Å². The zero-order chi connectivity index (χ0) is 11.7. The van der Waals surface area contributed by atoms with Crippen LogP contribution in [0.5, 0.6) is 0 Å². The maximum Gasteiger partial charge on any atom is 0.119 e. The van der Waals surface area contributed by atoms with E-state index in [1.165, 1.54) is 11.1 Å². The molecule has 84 valence electrons. The lowest BCUT2D eigenvalue weighted by molar-refractivity contribution is 0.211. The molecule has 0 amide bonds. The average Bonchev–Trinajstić information content (AvgIpc) is 2.67. The van der Waals surface area contributed by atoms with E-state index in [0.29, 0.717) is 0 Å². The number of aliphatic hydroxyl groups is 1. The van der Waals surface area contributed by atoms with Gasteiger partial charge in [-0.1, -0.05) is 18.2 Å². The summed E-state index contributed by atoms with van der Waals surface area (Å²) >= 11 is 0. The Kier molecular flexibility index (Phi) is 2.84. The highest BCUT2D eigenvalue weighted by Crippen LogP contribution is 2.23. The highest BCUT2D eigenvalue weighted by atomic mass is 16.3. The first-order valence-corrected chi connectivity index (χ1v) is 5.46. The van der Waals surface area contributed by atoms with E-state index in [-0.39, 0.29) is 0 Å². The quantitative estimate of drug-likeness (QED) is 0.818. The van der Waals surface area contributed by atoms with Crippen molar-refractivity contribution >= 4 is 0 Å². The second-order valence-corrected chi connectivity index (χ2v) is 4.29. The number of aryl methyl sites for hydroxylation is 3. The fourth-order valence-electron chi connectivity index (χ4n) is 1.86. The van der Waals surface area contributed by atoms with Crippen LogP contribution >= 0.6 is 0 Å². The Hall–Kier alpha value is -1.54. The Morgan fingerprint density at radius 2 is 1.88 bits per heavy atom. The lowest BCUT2D eigenvalue weighted by Crippen LogP contribution is -2.05. The number of rotatable bonds is 2. The van der Waals surface area contributed by atoms with Crippen LogP contribution in [0.3, 0.4) is 0 Å². The van der Waals surface area contributed by atoms with Gasteiger partial charge in [-0.05, 0) is 42.7 Å². The van der Waals surface area contributed by atoms with Gasteiger partial charge in [0.05, 0.1) is 5.69 Å². The van der Waals surface area contributed by atoms with Gasteiger partial charge in [0.1, 0.15) is 6.10 Å². The van der Waals surface area contributed by atoms with Crippen LogP contribution < -0.4 is 0 Å². The zero-order valence-electron chi connectivity index (χ0n) is 9.94. The molecule has 0 aliphatic heterocycles. The van der Waals surface area contributed by atoms with Gasteiger partial charge in [0, 0.05) is 13.2 Å². The van der Waals surface area contributed by atoms with Gasteiger partial charge in [-0.25, -0.2) is 0 Å². The molecule has 1 N–H and O–H groups in total. The molecule has 1 atom stereocenters. The molecule has 0 spiro atoms. The second-order valence-electron chi connectivity index (χ2n) is 4.29. The zero-order valence-corrected chi connectivity index (χ0v) is 9.94. The van der Waals surface area contributed by atoms with Gasteiger partial charge in [-0.15, -0.1) is 0 Å². The summed E-state index contributed by atoms with van der Waals surface area (Å²) < 4.78 is 1.94. The minimum atomic E-state index is -0.542. The first kappa shape index (κ1) is 11.0. The Balaban J connectivity index is 2.38. The summed E-state index contributed by atoms with van der Waals surface area (Å²) in [5.74, 6) is 0. The van der Waals surface area contributed by atoms with E-state index in [0.717, 1.165) is 11.3 Å². The standard InChI is InChI=1S/C14H17NO/c1-10-6-7-12(9-11(10)2)14(16)13-5-4-8-15(13)3/h4-9,14,16H,1-3H3/t14-/m0/s1. The topological polar surface area (TPSA) is 25.2 Å². The largest absolute Gasteiger partial charge is 0.382 e. The number of hydrogen-bond donors (Lipinski definition) is 1. The number of benzene rings is 1. The van der Waals surface area contributed by atoms with Gasteiger partial charge in [0.25, 0.3) is 0 Å². The third-order valence-corrected chi connectivity index (χ3v) is 3.11. The number of nitrogens with zero attached hydrogens (tertiary/aromatic N) is 1. The van der Waals surface area contributed by atoms with E-state index in [1.54, 1.807) is 0 Å². The molecule has 1 aromatic carbocycles. The Labute approximate surface area is 96.2 Å². The summed E-state index contributed by atoms with van der Waals surface area (Å²) in [7, 11) is 1.94. The smallest absolute Gasteiger partial charge is 0.119 e. The molecule has 0 unspecified atom stereocenters. The van der Waals surface area contributed by atoms with Crippen molar-refractivity contribution in [3.8, 4) is 0 Å². The fourth-order valence-corrected chi connectivity index (χ4v) is 1.86. The first-order valence-electron chi connectivity index (χ1n) is 5.46. The first-order chi connectivity index (χ1) is 7.59. The summed E-state index contributed by atoms with van der Waals surface area (Å²) in [6, 6.07) is 9.98. The Morgan fingerprint density at radius 1 is 1.12 bits per heavy atom. The summed E-state index contributed by atoms with van der Waals surface area (Å²) in [4.78, 5) is 0. The summed E-state index contributed by atoms with van der Waals surface area (Å²) in [5, 5.41) is 10.3. The molecule has 2 rings (SSSR count). The van der Waals surface area contributed by atoms with Crippen molar-refractivity contribution in [2.75, 3.05) is 0 Å². The third kappa shape index (κ3) is 1.89. The lowest BCUT2D eigenvalue weighted by Gasteiger charge is -2.13. The summed E-state index contributed by atoms with van der Waals surface area (Å²) in [6.07, 6.45) is 1.40. The van der Waals surface area contributed by atoms with Crippen molar-refractivity contribution in [3.05, 3.63) is 58.9 Å². The van der Waals surface area contributed by atoms with Crippen molar-refractivity contribution in [2.45, 2.75) is 20.0 Å². The van der Waals surface area contributed by atoms with Gasteiger partial charge < -0.3 is 9.67 Å². The lowest BCUT2D eigenvalue weighted by atomic mass is 10.0. The Bertz CT molecular complexity index is 499. The molecule has 0 saturated heterocycles. The molecule has 0 aliphatic carbocycles. The van der Waals surface area contributed by atoms with Crippen LogP contribution in [0.2, 0.25) is 0 Å². The van der Waals surface area contributed by atoms with Crippen LogP contribution in [0, 0.1) is 13.8 Å². The molecule has 0 radical (unpaired) electrons. The van der Waals surface area contributed by atoms with Gasteiger partial charge >= 0.3 is 0 Å². The number of hydrogen-bond acceptors (Lipinski definition) is 1. The van der Waals surface area contributed by atoms with Crippen molar-refractivity contribution in [3.63, 3.8) is 0 Å². The van der Waals surface area contributed by atoms with Crippen molar-refractivity contribution in [1.82, 2.24) is 4.57 Å². The molecule has 2 aromatic rings. The van der Waals surface area contributed by atoms with Crippen LogP contribution in [-0.2, 0) is 7.05 Å². The number of aliphatic hydroxyl groups excluding tert-OH is 1. The number of aromatic nitrogens is 1. The summed E-state index contributed by atoms with van der Waals surface area (Å²) in [5.41, 5.74) is 4.33. The second kappa shape index (κ2) is 4.14. The highest BCUT2D eigenvalue weighted by molar-refractivity contribution is 5.34. The van der Waals surface area contributed by atoms with E-state index in [9.17, 15) is 5.11 Å². The molecule has 1 aromatic heterocycles. The molecule has 0 saturated carbocycles. The van der Waals surface area contributed by atoms with Gasteiger partial charge in [-0.2, -0.15) is 0 Å². The fraction of sp³-hybridized carbons (Fsp3) is 0.286. The van der Waals surface area contributed by atoms with E-state index < -0.39 is 6.10 Å². The van der Waals surface area contributed by atoms with Crippen LogP contribution in [-0.4, -0.2) is 9.67 Å². The van der Waals surface area contributed by atoms with E-state index >= 15 is 0 Å². The van der Waals surface area contributed by atoms with Crippen LogP contribution in [0.15, 0.2) is 36.5 Å². The maximum absolute atomic E-state index is 10.3. The van der Waals surface area contributed by atoms with Gasteiger partial charge in [-0.3, -0.25) is 0 Å². The molecule has 2 nitrogen and oxygen atoms in total. The van der Waals surface area contributed by atoms with E-state index in [4.69, 9.17) is 0 Å². The van der Waals surface area contributed by atoms with Crippen molar-refractivity contribution < 1.29 is 5.11 Å². The highest BCUT2D eigenvalue weighted by Gasteiger charge is 2.13. The predicted octanol–water partition coefficient (Wildman–Crippen LogP) is 2.72. The van der Waals surface area contributed by atoms with Crippen molar-refractivity contribution in [1.29, 1.82) is 0 Å². The molecule has 0 fully saturated rings. The average molecular weight is 215 g/mol. The molecule has 16 heavy (non-hydrogen) atoms. The SMILES string of the molecule is Cc1ccc([C@H](O)c2cccn2C)cc1C. The van der Waals surface area contributed by atoms with E-state index in [1.807, 2.05) is 42.1 Å².